The summed E-state index contributed by atoms with van der Waals surface area (Å²) in [5.74, 6) is 0.302. The highest BCUT2D eigenvalue weighted by atomic mass is 16.5. The Morgan fingerprint density at radius 3 is 2.52 bits per heavy atom. The van der Waals surface area contributed by atoms with Gasteiger partial charge in [-0.05, 0) is 48.2 Å². The summed E-state index contributed by atoms with van der Waals surface area (Å²) in [6.07, 6.45) is 1.67. The maximum Gasteiger partial charge on any atom is 0.227 e. The van der Waals surface area contributed by atoms with Crippen molar-refractivity contribution in [3.05, 3.63) is 42.0 Å². The van der Waals surface area contributed by atoms with Crippen LogP contribution in [0.3, 0.4) is 0 Å². The first kappa shape index (κ1) is 20.7. The van der Waals surface area contributed by atoms with Crippen LogP contribution in [0.2, 0.25) is 0 Å². The molecule has 0 bridgehead atoms. The Morgan fingerprint density at radius 2 is 1.78 bits per heavy atom. The summed E-state index contributed by atoms with van der Waals surface area (Å²) in [7, 11) is 1.64. The second-order valence-electron chi connectivity index (χ2n) is 6.52. The van der Waals surface area contributed by atoms with Crippen molar-refractivity contribution in [1.82, 2.24) is 10.6 Å². The van der Waals surface area contributed by atoms with Crippen molar-refractivity contribution in [2.24, 2.45) is 0 Å². The number of fused-ring (bicyclic) bond motifs is 1. The second-order valence-corrected chi connectivity index (χ2v) is 6.52. The lowest BCUT2D eigenvalue weighted by Gasteiger charge is -2.14. The first-order valence-electron chi connectivity index (χ1n) is 9.28. The van der Waals surface area contributed by atoms with Gasteiger partial charge in [0.25, 0.3) is 0 Å². The number of carbonyl (C=O) groups is 2. The van der Waals surface area contributed by atoms with E-state index in [2.05, 4.69) is 10.6 Å². The van der Waals surface area contributed by atoms with Crippen LogP contribution >= 0.6 is 0 Å². The summed E-state index contributed by atoms with van der Waals surface area (Å²) in [6.45, 7) is 2.84. The van der Waals surface area contributed by atoms with Crippen molar-refractivity contribution < 1.29 is 19.4 Å². The first-order valence-corrected chi connectivity index (χ1v) is 9.28. The maximum absolute atomic E-state index is 12.4. The number of amides is 2. The lowest BCUT2D eigenvalue weighted by molar-refractivity contribution is -0.123. The van der Waals surface area contributed by atoms with Crippen molar-refractivity contribution in [3.8, 4) is 5.75 Å². The molecule has 6 heteroatoms. The molecule has 0 aliphatic rings. The summed E-state index contributed by atoms with van der Waals surface area (Å²) in [5, 5.41) is 16.4. The van der Waals surface area contributed by atoms with Crippen molar-refractivity contribution in [2.75, 3.05) is 26.8 Å². The molecule has 0 aliphatic carbocycles. The standard InChI is InChI=1S/C21H28N2O4/c1-15(21(26)23-11-9-20(25)22-10-3-4-12-24)16-5-6-18-14-19(27-2)8-7-17(18)13-16/h5-8,13-15,24H,3-4,9-12H2,1-2H3,(H,22,25)(H,23,26)/t15-/m0/s1. The molecule has 0 aliphatic heterocycles. The number of rotatable bonds is 10. The van der Waals surface area contributed by atoms with Crippen molar-refractivity contribution in [2.45, 2.75) is 32.1 Å². The van der Waals surface area contributed by atoms with Crippen LogP contribution in [-0.4, -0.2) is 43.7 Å². The molecule has 0 unspecified atom stereocenters. The highest BCUT2D eigenvalue weighted by Crippen LogP contribution is 2.25. The van der Waals surface area contributed by atoms with E-state index in [1.165, 1.54) is 0 Å². The van der Waals surface area contributed by atoms with Crippen molar-refractivity contribution >= 4 is 22.6 Å². The van der Waals surface area contributed by atoms with Gasteiger partial charge < -0.3 is 20.5 Å². The molecule has 2 amide bonds. The number of unbranched alkanes of at least 4 members (excludes halogenated alkanes) is 1. The second kappa shape index (κ2) is 10.5. The van der Waals surface area contributed by atoms with Gasteiger partial charge in [0.05, 0.1) is 13.0 Å². The fraction of sp³-hybridized carbons (Fsp3) is 0.429. The molecule has 0 saturated carbocycles. The smallest absolute Gasteiger partial charge is 0.227 e. The SMILES string of the molecule is COc1ccc2cc([C@H](C)C(=O)NCCC(=O)NCCCCO)ccc2c1. The van der Waals surface area contributed by atoms with Gasteiger partial charge >= 0.3 is 0 Å². The third-order valence-electron chi connectivity index (χ3n) is 4.52. The Bertz CT molecular complexity index is 776. The Labute approximate surface area is 159 Å². The molecule has 0 radical (unpaired) electrons. The highest BCUT2D eigenvalue weighted by Gasteiger charge is 2.15. The summed E-state index contributed by atoms with van der Waals surface area (Å²) < 4.78 is 5.23. The minimum absolute atomic E-state index is 0.0967. The van der Waals surface area contributed by atoms with E-state index in [1.54, 1.807) is 7.11 Å². The number of methoxy groups -OCH3 is 1. The molecule has 0 saturated heterocycles. The summed E-state index contributed by atoms with van der Waals surface area (Å²) in [6, 6.07) is 11.8. The molecule has 2 rings (SSSR count). The first-order chi connectivity index (χ1) is 13.0. The highest BCUT2D eigenvalue weighted by molar-refractivity contribution is 5.88. The number of hydrogen-bond donors (Lipinski definition) is 3. The van der Waals surface area contributed by atoms with Crippen LogP contribution in [0.25, 0.3) is 10.8 Å². The average molecular weight is 372 g/mol. The third kappa shape index (κ3) is 6.25. The zero-order chi connectivity index (χ0) is 19.6. The maximum atomic E-state index is 12.4. The molecule has 27 heavy (non-hydrogen) atoms. The van der Waals surface area contributed by atoms with E-state index in [0.29, 0.717) is 19.5 Å². The summed E-state index contributed by atoms with van der Waals surface area (Å²) in [4.78, 5) is 24.1. The molecule has 6 nitrogen and oxygen atoms in total. The van der Waals surface area contributed by atoms with Gasteiger partial charge in [-0.25, -0.2) is 0 Å². The van der Waals surface area contributed by atoms with Gasteiger partial charge in [-0.15, -0.1) is 0 Å². The zero-order valence-electron chi connectivity index (χ0n) is 16.0. The van der Waals surface area contributed by atoms with Crippen LogP contribution in [0.5, 0.6) is 5.75 Å². The van der Waals surface area contributed by atoms with Crippen LogP contribution in [0.4, 0.5) is 0 Å². The molecule has 1 atom stereocenters. The topological polar surface area (TPSA) is 87.7 Å². The van der Waals surface area contributed by atoms with Crippen LogP contribution in [0, 0.1) is 0 Å². The quantitative estimate of drug-likeness (QED) is 0.559. The van der Waals surface area contributed by atoms with Crippen LogP contribution in [0.1, 0.15) is 37.7 Å². The molecule has 2 aromatic carbocycles. The summed E-state index contributed by atoms with van der Waals surface area (Å²) in [5.41, 5.74) is 0.929. The Balaban J connectivity index is 1.84. The molecule has 146 valence electrons. The number of carbonyl (C=O) groups excluding carboxylic acids is 2. The van der Waals surface area contributed by atoms with Gasteiger partial charge in [0.2, 0.25) is 11.8 Å². The number of aliphatic hydroxyl groups excluding tert-OH is 1. The average Bonchev–Trinajstić information content (AvgIpc) is 2.69. The molecule has 3 N–H and O–H groups in total. The normalized spacial score (nSPS) is 11.8. The lowest BCUT2D eigenvalue weighted by atomic mass is 9.97. The van der Waals surface area contributed by atoms with Gasteiger partial charge in [0.15, 0.2) is 0 Å². The minimum atomic E-state index is -0.302. The zero-order valence-corrected chi connectivity index (χ0v) is 16.0. The molecule has 0 heterocycles. The number of ether oxygens (including phenoxy) is 1. The Kier molecular flexibility index (Phi) is 8.07. The van der Waals surface area contributed by atoms with E-state index in [0.717, 1.165) is 28.5 Å². The predicted molar refractivity (Wildman–Crippen MR) is 106 cm³/mol. The largest absolute Gasteiger partial charge is 0.497 e. The van der Waals surface area contributed by atoms with E-state index in [-0.39, 0.29) is 30.8 Å². The van der Waals surface area contributed by atoms with Gasteiger partial charge in [-0.2, -0.15) is 0 Å². The Hall–Kier alpha value is -2.60. The lowest BCUT2D eigenvalue weighted by Crippen LogP contribution is -2.33. The van der Waals surface area contributed by atoms with E-state index in [4.69, 9.17) is 9.84 Å². The number of nitrogens with one attached hydrogen (secondary N) is 2. The van der Waals surface area contributed by atoms with Gasteiger partial charge in [-0.3, -0.25) is 9.59 Å². The third-order valence-corrected chi connectivity index (χ3v) is 4.52. The van der Waals surface area contributed by atoms with E-state index in [9.17, 15) is 9.59 Å². The van der Waals surface area contributed by atoms with E-state index < -0.39 is 0 Å². The van der Waals surface area contributed by atoms with E-state index in [1.807, 2.05) is 43.3 Å². The summed E-state index contributed by atoms with van der Waals surface area (Å²) >= 11 is 0. The van der Waals surface area contributed by atoms with Gasteiger partial charge in [-0.1, -0.05) is 24.3 Å². The van der Waals surface area contributed by atoms with Crippen molar-refractivity contribution in [1.29, 1.82) is 0 Å². The molecule has 0 aromatic heterocycles. The number of benzene rings is 2. The van der Waals surface area contributed by atoms with Gasteiger partial charge in [0, 0.05) is 26.1 Å². The Morgan fingerprint density at radius 1 is 1.04 bits per heavy atom. The molecule has 0 spiro atoms. The molecular formula is C21H28N2O4. The van der Waals surface area contributed by atoms with Crippen LogP contribution < -0.4 is 15.4 Å². The number of hydrogen-bond acceptors (Lipinski definition) is 4. The fourth-order valence-electron chi connectivity index (χ4n) is 2.80. The monoisotopic (exact) mass is 372 g/mol. The fourth-order valence-corrected chi connectivity index (χ4v) is 2.80. The van der Waals surface area contributed by atoms with Crippen molar-refractivity contribution in [3.63, 3.8) is 0 Å². The van der Waals surface area contributed by atoms with Gasteiger partial charge in [0.1, 0.15) is 5.75 Å². The van der Waals surface area contributed by atoms with Crippen LogP contribution in [-0.2, 0) is 9.59 Å². The van der Waals surface area contributed by atoms with Crippen LogP contribution in [0.15, 0.2) is 36.4 Å². The minimum Gasteiger partial charge on any atom is -0.497 e. The molecular weight excluding hydrogens is 344 g/mol. The number of aliphatic hydroxyl groups is 1. The molecule has 2 aromatic rings. The predicted octanol–water partition coefficient (Wildman–Crippen LogP) is 2.35. The van der Waals surface area contributed by atoms with E-state index >= 15 is 0 Å². The molecule has 0 fully saturated rings.